The third-order valence-electron chi connectivity index (χ3n) is 5.80. The Hall–Kier alpha value is -4.48. The molecular formula is C26H26F3N7O2. The molecule has 0 unspecified atom stereocenters. The van der Waals surface area contributed by atoms with Gasteiger partial charge in [-0.3, -0.25) is 4.79 Å². The quantitative estimate of drug-likeness (QED) is 0.274. The van der Waals surface area contributed by atoms with Gasteiger partial charge in [-0.15, -0.1) is 5.10 Å². The van der Waals surface area contributed by atoms with Crippen LogP contribution in [0.1, 0.15) is 35.6 Å². The van der Waals surface area contributed by atoms with E-state index in [4.69, 9.17) is 4.74 Å². The minimum Gasteiger partial charge on any atom is -0.475 e. The zero-order valence-electron chi connectivity index (χ0n) is 20.7. The van der Waals surface area contributed by atoms with E-state index in [1.165, 1.54) is 12.1 Å². The Balaban J connectivity index is 1.31. The third-order valence-corrected chi connectivity index (χ3v) is 5.80. The highest BCUT2D eigenvalue weighted by atomic mass is 19.4. The Bertz CT molecular complexity index is 1310. The first-order chi connectivity index (χ1) is 18.2. The fourth-order valence-corrected chi connectivity index (χ4v) is 3.52. The molecule has 0 bridgehead atoms. The van der Waals surface area contributed by atoms with Crippen molar-refractivity contribution in [3.8, 4) is 17.0 Å². The van der Waals surface area contributed by atoms with Crippen LogP contribution in [-0.2, 0) is 12.7 Å². The van der Waals surface area contributed by atoms with Crippen LogP contribution in [0.25, 0.3) is 11.1 Å². The van der Waals surface area contributed by atoms with Gasteiger partial charge < -0.3 is 15.4 Å². The lowest BCUT2D eigenvalue weighted by molar-refractivity contribution is -0.137. The van der Waals surface area contributed by atoms with E-state index < -0.39 is 11.7 Å². The number of nitrogens with one attached hydrogen (secondary N) is 3. The van der Waals surface area contributed by atoms with Crippen molar-refractivity contribution in [1.29, 1.82) is 0 Å². The van der Waals surface area contributed by atoms with Crippen molar-refractivity contribution in [2.24, 2.45) is 5.92 Å². The topological polar surface area (TPSA) is 118 Å². The molecule has 0 aliphatic heterocycles. The van der Waals surface area contributed by atoms with Crippen molar-refractivity contribution in [2.45, 2.75) is 32.6 Å². The molecule has 0 saturated heterocycles. The molecule has 0 aliphatic rings. The van der Waals surface area contributed by atoms with Gasteiger partial charge in [-0.25, -0.2) is 10.1 Å². The number of hydrogen-bond donors (Lipinski definition) is 3. The smallest absolute Gasteiger partial charge is 0.416 e. The molecule has 2 aromatic carbocycles. The second kappa shape index (κ2) is 11.7. The molecule has 4 rings (SSSR count). The summed E-state index contributed by atoms with van der Waals surface area (Å²) >= 11 is 0. The average Bonchev–Trinajstić information content (AvgIpc) is 3.43. The molecule has 0 radical (unpaired) electrons. The van der Waals surface area contributed by atoms with Gasteiger partial charge >= 0.3 is 6.18 Å². The Morgan fingerprint density at radius 2 is 1.71 bits per heavy atom. The van der Waals surface area contributed by atoms with Crippen LogP contribution in [-0.4, -0.2) is 44.2 Å². The summed E-state index contributed by atoms with van der Waals surface area (Å²) in [5.74, 6) is 0.838. The van der Waals surface area contributed by atoms with Crippen LogP contribution >= 0.6 is 0 Å². The molecule has 2 aromatic heterocycles. The highest BCUT2D eigenvalue weighted by molar-refractivity contribution is 5.94. The number of halogens is 3. The molecule has 4 aromatic rings. The van der Waals surface area contributed by atoms with Gasteiger partial charge in [0.2, 0.25) is 5.88 Å². The summed E-state index contributed by atoms with van der Waals surface area (Å²) in [5, 5.41) is 19.4. The summed E-state index contributed by atoms with van der Waals surface area (Å²) in [4.78, 5) is 16.6. The van der Waals surface area contributed by atoms with E-state index in [9.17, 15) is 18.0 Å². The van der Waals surface area contributed by atoms with Gasteiger partial charge in [-0.1, -0.05) is 26.0 Å². The Morgan fingerprint density at radius 1 is 1.00 bits per heavy atom. The Labute approximate surface area is 216 Å². The molecule has 198 valence electrons. The van der Waals surface area contributed by atoms with Crippen LogP contribution in [0.5, 0.6) is 5.88 Å². The first-order valence-corrected chi connectivity index (χ1v) is 11.8. The van der Waals surface area contributed by atoms with Crippen molar-refractivity contribution in [3.63, 3.8) is 0 Å². The molecule has 1 amide bonds. The minimum atomic E-state index is -4.37. The average molecular weight is 526 g/mol. The number of benzene rings is 2. The highest BCUT2D eigenvalue weighted by Crippen LogP contribution is 2.31. The SMILES string of the molecule is CC(C)[C@@H](COc1ccc(-c2ccc(C(F)(F)F)cc2)cn1)Nc1ccc(C(=O)NCc2nnn[nH]2)cc1. The van der Waals surface area contributed by atoms with Gasteiger partial charge in [0, 0.05) is 29.1 Å². The molecule has 12 heteroatoms. The standard InChI is InChI=1S/C26H26F3N7O2/c1-16(2)22(32-21-10-5-18(6-11-21)25(37)31-14-23-33-35-36-34-23)15-38-24-12-7-19(13-30-24)17-3-8-20(9-4-17)26(27,28)29/h3-13,16,22,32H,14-15H2,1-2H3,(H,31,37)(H,33,34,35,36)/t22-/m1/s1. The number of pyridine rings is 1. The highest BCUT2D eigenvalue weighted by Gasteiger charge is 2.30. The summed E-state index contributed by atoms with van der Waals surface area (Å²) in [7, 11) is 0. The molecule has 0 aliphatic carbocycles. The van der Waals surface area contributed by atoms with Gasteiger partial charge in [0.05, 0.1) is 18.2 Å². The van der Waals surface area contributed by atoms with Gasteiger partial charge in [0.15, 0.2) is 5.82 Å². The minimum absolute atomic E-state index is 0.0509. The van der Waals surface area contributed by atoms with E-state index in [1.807, 2.05) is 12.1 Å². The summed E-state index contributed by atoms with van der Waals surface area (Å²) in [6, 6.07) is 15.4. The predicted molar refractivity (Wildman–Crippen MR) is 134 cm³/mol. The first kappa shape index (κ1) is 26.6. The molecule has 1 atom stereocenters. The predicted octanol–water partition coefficient (Wildman–Crippen LogP) is 4.73. The van der Waals surface area contributed by atoms with Crippen LogP contribution in [0.3, 0.4) is 0 Å². The fourth-order valence-electron chi connectivity index (χ4n) is 3.52. The number of aromatic nitrogens is 5. The molecule has 9 nitrogen and oxygen atoms in total. The maximum atomic E-state index is 12.8. The number of carbonyl (C=O) groups excluding carboxylic acids is 1. The van der Waals surface area contributed by atoms with Gasteiger partial charge in [0.25, 0.3) is 5.91 Å². The van der Waals surface area contributed by atoms with E-state index in [1.54, 1.807) is 30.5 Å². The zero-order chi connectivity index (χ0) is 27.1. The zero-order valence-corrected chi connectivity index (χ0v) is 20.7. The molecule has 3 N–H and O–H groups in total. The number of anilines is 1. The van der Waals surface area contributed by atoms with Crippen molar-refractivity contribution in [2.75, 3.05) is 11.9 Å². The number of hydrogen-bond acceptors (Lipinski definition) is 7. The monoisotopic (exact) mass is 525 g/mol. The second-order valence-corrected chi connectivity index (χ2v) is 8.87. The molecule has 0 spiro atoms. The number of amides is 1. The van der Waals surface area contributed by atoms with Gasteiger partial charge in [-0.2, -0.15) is 13.2 Å². The van der Waals surface area contributed by atoms with Crippen LogP contribution < -0.4 is 15.4 Å². The number of nitrogens with zero attached hydrogens (tertiary/aromatic N) is 4. The van der Waals surface area contributed by atoms with E-state index in [2.05, 4.69) is 50.1 Å². The van der Waals surface area contributed by atoms with E-state index in [0.717, 1.165) is 17.8 Å². The number of rotatable bonds is 10. The van der Waals surface area contributed by atoms with Crippen LogP contribution in [0.4, 0.5) is 18.9 Å². The normalized spacial score (nSPS) is 12.3. The first-order valence-electron chi connectivity index (χ1n) is 11.8. The summed E-state index contributed by atoms with van der Waals surface area (Å²) < 4.78 is 44.2. The maximum absolute atomic E-state index is 12.8. The number of H-pyrrole nitrogens is 1. The summed E-state index contributed by atoms with van der Waals surface area (Å²) in [6.07, 6.45) is -2.80. The van der Waals surface area contributed by atoms with Crippen molar-refractivity contribution in [1.82, 2.24) is 30.9 Å². The van der Waals surface area contributed by atoms with Gasteiger partial charge in [0.1, 0.15) is 6.61 Å². The van der Waals surface area contributed by atoms with E-state index in [0.29, 0.717) is 35.0 Å². The number of aromatic amines is 1. The van der Waals surface area contributed by atoms with Crippen LogP contribution in [0.15, 0.2) is 66.9 Å². The number of carbonyl (C=O) groups is 1. The van der Waals surface area contributed by atoms with Gasteiger partial charge in [-0.05, 0) is 64.4 Å². The molecule has 2 heterocycles. The summed E-state index contributed by atoms with van der Waals surface area (Å²) in [6.45, 7) is 4.64. The molecule has 38 heavy (non-hydrogen) atoms. The second-order valence-electron chi connectivity index (χ2n) is 8.87. The van der Waals surface area contributed by atoms with E-state index >= 15 is 0 Å². The third kappa shape index (κ3) is 7.05. The number of alkyl halides is 3. The number of ether oxygens (including phenoxy) is 1. The van der Waals surface area contributed by atoms with Crippen LogP contribution in [0, 0.1) is 5.92 Å². The Morgan fingerprint density at radius 3 is 2.29 bits per heavy atom. The van der Waals surface area contributed by atoms with Crippen molar-refractivity contribution in [3.05, 3.63) is 83.8 Å². The molecular weight excluding hydrogens is 499 g/mol. The lowest BCUT2D eigenvalue weighted by atomic mass is 10.0. The lowest BCUT2D eigenvalue weighted by Gasteiger charge is -2.23. The summed E-state index contributed by atoms with van der Waals surface area (Å²) in [5.41, 5.74) is 1.95. The maximum Gasteiger partial charge on any atom is 0.416 e. The molecule has 0 saturated carbocycles. The van der Waals surface area contributed by atoms with Crippen molar-refractivity contribution >= 4 is 11.6 Å². The molecule has 0 fully saturated rings. The lowest BCUT2D eigenvalue weighted by Crippen LogP contribution is -2.32. The fraction of sp³-hybridized carbons (Fsp3) is 0.269. The van der Waals surface area contributed by atoms with Crippen molar-refractivity contribution < 1.29 is 22.7 Å². The van der Waals surface area contributed by atoms with E-state index in [-0.39, 0.29) is 24.4 Å². The van der Waals surface area contributed by atoms with Crippen LogP contribution in [0.2, 0.25) is 0 Å². The Kier molecular flexibility index (Phi) is 8.19. The number of tetrazole rings is 1. The largest absolute Gasteiger partial charge is 0.475 e.